The van der Waals surface area contributed by atoms with Crippen LogP contribution in [0.1, 0.15) is 12.8 Å². The molecule has 1 heterocycles. The van der Waals surface area contributed by atoms with E-state index >= 15 is 0 Å². The number of benzene rings is 1. The first-order valence-corrected chi connectivity index (χ1v) is 9.17. The SMILES string of the molecule is NS(=O)(=O)C[C@H]1CCCN1CCSc1ccccc1. The molecule has 1 atom stereocenters. The molecule has 0 saturated carbocycles. The van der Waals surface area contributed by atoms with Crippen LogP contribution < -0.4 is 5.14 Å². The van der Waals surface area contributed by atoms with E-state index in [1.54, 1.807) is 11.8 Å². The molecule has 1 aromatic rings. The molecule has 1 aromatic carbocycles. The number of rotatable bonds is 6. The van der Waals surface area contributed by atoms with E-state index in [1.165, 1.54) is 4.90 Å². The number of nitrogens with two attached hydrogens (primary N) is 1. The number of primary sulfonamides is 1. The molecule has 1 saturated heterocycles. The van der Waals surface area contributed by atoms with Crippen LogP contribution in [0, 0.1) is 0 Å². The van der Waals surface area contributed by atoms with E-state index in [2.05, 4.69) is 17.0 Å². The second kappa shape index (κ2) is 6.74. The van der Waals surface area contributed by atoms with Crippen molar-refractivity contribution >= 4 is 21.8 Å². The third-order valence-corrected chi connectivity index (χ3v) is 5.16. The van der Waals surface area contributed by atoms with Gasteiger partial charge in [0.1, 0.15) is 0 Å². The van der Waals surface area contributed by atoms with Crippen molar-refractivity contribution in [1.82, 2.24) is 4.90 Å². The van der Waals surface area contributed by atoms with Gasteiger partial charge in [0.25, 0.3) is 0 Å². The second-order valence-corrected chi connectivity index (χ2v) is 7.65. The fourth-order valence-corrected chi connectivity index (χ4v) is 4.27. The smallest absolute Gasteiger partial charge is 0.210 e. The maximum absolute atomic E-state index is 11.2. The summed E-state index contributed by atoms with van der Waals surface area (Å²) in [4.78, 5) is 3.50. The van der Waals surface area contributed by atoms with Gasteiger partial charge >= 0.3 is 0 Å². The molecular weight excluding hydrogens is 280 g/mol. The molecule has 106 valence electrons. The summed E-state index contributed by atoms with van der Waals surface area (Å²) in [7, 11) is -3.37. The minimum absolute atomic E-state index is 0.0863. The summed E-state index contributed by atoms with van der Waals surface area (Å²) < 4.78 is 22.3. The lowest BCUT2D eigenvalue weighted by molar-refractivity contribution is 0.287. The zero-order valence-electron chi connectivity index (χ0n) is 10.9. The van der Waals surface area contributed by atoms with E-state index in [4.69, 9.17) is 5.14 Å². The zero-order valence-corrected chi connectivity index (χ0v) is 12.5. The van der Waals surface area contributed by atoms with E-state index in [9.17, 15) is 8.42 Å². The van der Waals surface area contributed by atoms with Crippen LogP contribution in [-0.2, 0) is 10.0 Å². The van der Waals surface area contributed by atoms with Gasteiger partial charge in [-0.2, -0.15) is 0 Å². The van der Waals surface area contributed by atoms with E-state index in [1.807, 2.05) is 18.2 Å². The van der Waals surface area contributed by atoms with Crippen LogP contribution in [-0.4, -0.2) is 44.0 Å². The number of sulfonamides is 1. The van der Waals surface area contributed by atoms with Gasteiger partial charge in [-0.1, -0.05) is 18.2 Å². The van der Waals surface area contributed by atoms with Crippen LogP contribution in [0.15, 0.2) is 35.2 Å². The van der Waals surface area contributed by atoms with Crippen molar-refractivity contribution in [1.29, 1.82) is 0 Å². The van der Waals surface area contributed by atoms with Gasteiger partial charge in [-0.05, 0) is 31.5 Å². The number of hydrogen-bond donors (Lipinski definition) is 1. The van der Waals surface area contributed by atoms with Crippen molar-refractivity contribution in [2.24, 2.45) is 5.14 Å². The molecule has 1 aliphatic heterocycles. The van der Waals surface area contributed by atoms with Crippen LogP contribution in [0.4, 0.5) is 0 Å². The first-order chi connectivity index (χ1) is 9.04. The Morgan fingerprint density at radius 2 is 2.05 bits per heavy atom. The monoisotopic (exact) mass is 300 g/mol. The number of thioether (sulfide) groups is 1. The van der Waals surface area contributed by atoms with Gasteiger partial charge in [0, 0.05) is 23.2 Å². The third-order valence-electron chi connectivity index (χ3n) is 3.31. The van der Waals surface area contributed by atoms with Crippen LogP contribution >= 0.6 is 11.8 Å². The van der Waals surface area contributed by atoms with Crippen LogP contribution in [0.3, 0.4) is 0 Å². The fourth-order valence-electron chi connectivity index (χ4n) is 2.44. The van der Waals surface area contributed by atoms with Crippen molar-refractivity contribution in [2.45, 2.75) is 23.8 Å². The van der Waals surface area contributed by atoms with Gasteiger partial charge in [0.15, 0.2) is 0 Å². The minimum Gasteiger partial charge on any atom is -0.298 e. The molecule has 19 heavy (non-hydrogen) atoms. The third kappa shape index (κ3) is 5.14. The summed E-state index contributed by atoms with van der Waals surface area (Å²) in [6.45, 7) is 1.90. The van der Waals surface area contributed by atoms with E-state index in [-0.39, 0.29) is 11.8 Å². The number of hydrogen-bond acceptors (Lipinski definition) is 4. The lowest BCUT2D eigenvalue weighted by atomic mass is 10.2. The molecule has 1 fully saturated rings. The van der Waals surface area contributed by atoms with Crippen LogP contribution in [0.5, 0.6) is 0 Å². The number of likely N-dealkylation sites (tertiary alicyclic amines) is 1. The first kappa shape index (κ1) is 14.8. The van der Waals surface area contributed by atoms with Gasteiger partial charge in [0.05, 0.1) is 5.75 Å². The predicted molar refractivity (Wildman–Crippen MR) is 79.7 cm³/mol. The van der Waals surface area contributed by atoms with Gasteiger partial charge in [-0.3, -0.25) is 4.90 Å². The normalized spacial score (nSPS) is 20.8. The van der Waals surface area contributed by atoms with Gasteiger partial charge in [-0.25, -0.2) is 13.6 Å². The van der Waals surface area contributed by atoms with Gasteiger partial charge in [0.2, 0.25) is 10.0 Å². The standard InChI is InChI=1S/C13H20N2O2S2/c14-19(16,17)11-12-5-4-8-15(12)9-10-18-13-6-2-1-3-7-13/h1-3,6-7,12H,4-5,8-11H2,(H2,14,16,17)/t12-/m1/s1. The summed E-state index contributed by atoms with van der Waals surface area (Å²) in [5.74, 6) is 1.06. The van der Waals surface area contributed by atoms with E-state index in [0.717, 1.165) is 31.7 Å². The Morgan fingerprint density at radius 3 is 2.74 bits per heavy atom. The van der Waals surface area contributed by atoms with Crippen molar-refractivity contribution in [2.75, 3.05) is 24.6 Å². The summed E-state index contributed by atoms with van der Waals surface area (Å²) >= 11 is 1.80. The maximum atomic E-state index is 11.2. The van der Waals surface area contributed by atoms with Crippen molar-refractivity contribution in [3.05, 3.63) is 30.3 Å². The molecule has 0 unspecified atom stereocenters. The van der Waals surface area contributed by atoms with Crippen LogP contribution in [0.2, 0.25) is 0 Å². The molecule has 0 spiro atoms. The molecule has 4 nitrogen and oxygen atoms in total. The van der Waals surface area contributed by atoms with Crippen molar-refractivity contribution in [3.8, 4) is 0 Å². The first-order valence-electron chi connectivity index (χ1n) is 6.47. The molecule has 0 bridgehead atoms. The van der Waals surface area contributed by atoms with Crippen LogP contribution in [0.25, 0.3) is 0 Å². The van der Waals surface area contributed by atoms with Crippen molar-refractivity contribution < 1.29 is 8.42 Å². The molecule has 1 aliphatic rings. The predicted octanol–water partition coefficient (Wildman–Crippen LogP) is 1.53. The molecule has 0 aliphatic carbocycles. The highest BCUT2D eigenvalue weighted by Gasteiger charge is 2.27. The Hall–Kier alpha value is -0.560. The summed E-state index contributed by atoms with van der Waals surface area (Å²) in [6.07, 6.45) is 2.00. The summed E-state index contributed by atoms with van der Waals surface area (Å²) in [5, 5.41) is 5.14. The quantitative estimate of drug-likeness (QED) is 0.809. The highest BCUT2D eigenvalue weighted by atomic mass is 32.2. The molecule has 0 radical (unpaired) electrons. The molecule has 2 rings (SSSR count). The maximum Gasteiger partial charge on any atom is 0.210 e. The Kier molecular flexibility index (Phi) is 5.27. The molecule has 0 amide bonds. The fraction of sp³-hybridized carbons (Fsp3) is 0.538. The summed E-state index contributed by atoms with van der Waals surface area (Å²) in [5.41, 5.74) is 0. The minimum atomic E-state index is -3.37. The molecular formula is C13H20N2O2S2. The van der Waals surface area contributed by atoms with E-state index < -0.39 is 10.0 Å². The molecule has 2 N–H and O–H groups in total. The summed E-state index contributed by atoms with van der Waals surface area (Å²) in [6, 6.07) is 10.4. The highest BCUT2D eigenvalue weighted by Crippen LogP contribution is 2.21. The Bertz CT molecular complexity index is 491. The Balaban J connectivity index is 1.79. The lowest BCUT2D eigenvalue weighted by Crippen LogP contribution is -2.38. The lowest BCUT2D eigenvalue weighted by Gasteiger charge is -2.23. The Labute approximate surface area is 119 Å². The highest BCUT2D eigenvalue weighted by molar-refractivity contribution is 7.99. The number of nitrogens with zero attached hydrogens (tertiary/aromatic N) is 1. The molecule has 0 aromatic heterocycles. The average molecular weight is 300 g/mol. The topological polar surface area (TPSA) is 63.4 Å². The van der Waals surface area contributed by atoms with Gasteiger partial charge in [-0.15, -0.1) is 11.8 Å². The van der Waals surface area contributed by atoms with Crippen molar-refractivity contribution in [3.63, 3.8) is 0 Å². The second-order valence-electron chi connectivity index (χ2n) is 4.82. The van der Waals surface area contributed by atoms with E-state index in [0.29, 0.717) is 0 Å². The zero-order chi connectivity index (χ0) is 13.7. The average Bonchev–Trinajstić information content (AvgIpc) is 2.76. The van der Waals surface area contributed by atoms with Gasteiger partial charge < -0.3 is 0 Å². The largest absolute Gasteiger partial charge is 0.298 e. The Morgan fingerprint density at radius 1 is 1.32 bits per heavy atom. The molecule has 6 heteroatoms.